The van der Waals surface area contributed by atoms with Crippen molar-refractivity contribution in [1.29, 1.82) is 0 Å². The van der Waals surface area contributed by atoms with Crippen molar-refractivity contribution >= 4 is 23.2 Å². The van der Waals surface area contributed by atoms with Crippen molar-refractivity contribution in [3.8, 4) is 16.4 Å². The van der Waals surface area contributed by atoms with Crippen molar-refractivity contribution in [2.45, 2.75) is 13.3 Å². The van der Waals surface area contributed by atoms with Crippen LogP contribution in [0.3, 0.4) is 0 Å². The summed E-state index contributed by atoms with van der Waals surface area (Å²) in [6, 6.07) is 9.74. The van der Waals surface area contributed by atoms with E-state index in [4.69, 9.17) is 0 Å². The number of hydrogen-bond acceptors (Lipinski definition) is 6. The predicted molar refractivity (Wildman–Crippen MR) is 120 cm³/mol. The Labute approximate surface area is 189 Å². The van der Waals surface area contributed by atoms with E-state index in [0.29, 0.717) is 50.8 Å². The molecule has 0 bridgehead atoms. The molecule has 1 saturated heterocycles. The van der Waals surface area contributed by atoms with Gasteiger partial charge in [0.2, 0.25) is 11.7 Å². The van der Waals surface area contributed by atoms with Gasteiger partial charge < -0.3 is 10.2 Å². The minimum atomic E-state index is -0.343. The number of hydrogen-bond donors (Lipinski definition) is 1. The van der Waals surface area contributed by atoms with Gasteiger partial charge in [-0.2, -0.15) is 0 Å². The molecule has 8 nitrogen and oxygen atoms in total. The molecule has 0 saturated carbocycles. The summed E-state index contributed by atoms with van der Waals surface area (Å²) in [6.45, 7) is 5.25. The highest BCUT2D eigenvalue weighted by Gasteiger charge is 2.27. The number of benzene rings is 1. The summed E-state index contributed by atoms with van der Waals surface area (Å²) in [6.07, 6.45) is 0.902. The van der Waals surface area contributed by atoms with Gasteiger partial charge in [-0.15, -0.1) is 16.4 Å². The minimum absolute atomic E-state index is 0.00641. The number of halogens is 1. The lowest BCUT2D eigenvalue weighted by molar-refractivity contribution is -0.122. The van der Waals surface area contributed by atoms with Gasteiger partial charge >= 0.3 is 0 Å². The molecule has 3 heterocycles. The standard InChI is InChI=1S/C22H25FN6O2S/c1-2-9-24-19(30)15-27-10-12-28(13-11-27)22(31)20-25-21(18-4-3-14-32-18)29(26-20)17-7-5-16(23)6-8-17/h3-8,14H,2,9-13,15H2,1H3,(H,24,30). The van der Waals surface area contributed by atoms with Crippen molar-refractivity contribution in [2.24, 2.45) is 0 Å². The number of aromatic nitrogens is 3. The summed E-state index contributed by atoms with van der Waals surface area (Å²) in [5, 5.41) is 9.26. The van der Waals surface area contributed by atoms with Gasteiger partial charge in [-0.25, -0.2) is 14.1 Å². The first-order chi connectivity index (χ1) is 15.5. The molecule has 168 valence electrons. The first-order valence-electron chi connectivity index (χ1n) is 10.6. The van der Waals surface area contributed by atoms with Crippen molar-refractivity contribution in [3.63, 3.8) is 0 Å². The van der Waals surface area contributed by atoms with Crippen molar-refractivity contribution in [1.82, 2.24) is 29.9 Å². The lowest BCUT2D eigenvalue weighted by atomic mass is 10.3. The van der Waals surface area contributed by atoms with Crippen LogP contribution in [-0.4, -0.2) is 75.6 Å². The maximum atomic E-state index is 13.4. The van der Waals surface area contributed by atoms with Crippen LogP contribution in [0.2, 0.25) is 0 Å². The zero-order chi connectivity index (χ0) is 22.5. The molecule has 32 heavy (non-hydrogen) atoms. The average Bonchev–Trinajstić information content (AvgIpc) is 3.48. The Balaban J connectivity index is 1.48. The van der Waals surface area contributed by atoms with Gasteiger partial charge in [-0.1, -0.05) is 13.0 Å². The smallest absolute Gasteiger partial charge is 0.293 e. The number of amides is 2. The Morgan fingerprint density at radius 3 is 2.53 bits per heavy atom. The van der Waals surface area contributed by atoms with E-state index in [1.807, 2.05) is 29.3 Å². The molecule has 2 aromatic heterocycles. The van der Waals surface area contributed by atoms with Gasteiger partial charge in [-0.3, -0.25) is 14.5 Å². The molecule has 1 N–H and O–H groups in total. The van der Waals surface area contributed by atoms with E-state index in [1.54, 1.807) is 21.7 Å². The highest BCUT2D eigenvalue weighted by Crippen LogP contribution is 2.26. The third kappa shape index (κ3) is 5.03. The van der Waals surface area contributed by atoms with Crippen LogP contribution < -0.4 is 5.32 Å². The van der Waals surface area contributed by atoms with E-state index in [9.17, 15) is 14.0 Å². The monoisotopic (exact) mass is 456 g/mol. The lowest BCUT2D eigenvalue weighted by Gasteiger charge is -2.33. The second-order valence-corrected chi connectivity index (χ2v) is 8.49. The van der Waals surface area contributed by atoms with Crippen LogP contribution >= 0.6 is 11.3 Å². The SMILES string of the molecule is CCCNC(=O)CN1CCN(C(=O)c2nc(-c3cccs3)n(-c3ccc(F)cc3)n2)CC1. The van der Waals surface area contributed by atoms with E-state index in [0.717, 1.165) is 11.3 Å². The molecule has 1 aromatic carbocycles. The number of nitrogens with zero attached hydrogens (tertiary/aromatic N) is 5. The molecular formula is C22H25FN6O2S. The van der Waals surface area contributed by atoms with Gasteiger partial charge in [-0.05, 0) is 42.1 Å². The van der Waals surface area contributed by atoms with Gasteiger partial charge in [0.05, 0.1) is 17.1 Å². The Bertz CT molecular complexity index is 1060. The van der Waals surface area contributed by atoms with Crippen LogP contribution in [0.25, 0.3) is 16.4 Å². The van der Waals surface area contributed by atoms with Crippen molar-refractivity contribution in [3.05, 3.63) is 53.4 Å². The number of carbonyl (C=O) groups excluding carboxylic acids is 2. The topological polar surface area (TPSA) is 83.4 Å². The summed E-state index contributed by atoms with van der Waals surface area (Å²) in [5.41, 5.74) is 0.629. The van der Waals surface area contributed by atoms with Crippen LogP contribution in [0, 0.1) is 5.82 Å². The van der Waals surface area contributed by atoms with Gasteiger partial charge in [0.1, 0.15) is 5.82 Å². The van der Waals surface area contributed by atoms with Crippen LogP contribution in [0.4, 0.5) is 4.39 Å². The zero-order valence-corrected chi connectivity index (χ0v) is 18.6. The predicted octanol–water partition coefficient (Wildman–Crippen LogP) is 2.42. The molecule has 0 radical (unpaired) electrons. The summed E-state index contributed by atoms with van der Waals surface area (Å²) in [5.74, 6) is 0.0582. The second kappa shape index (κ2) is 10.0. The number of rotatable bonds is 7. The third-order valence-corrected chi connectivity index (χ3v) is 6.08. The van der Waals surface area contributed by atoms with E-state index < -0.39 is 0 Å². The highest BCUT2D eigenvalue weighted by atomic mass is 32.1. The summed E-state index contributed by atoms with van der Waals surface area (Å²) < 4.78 is 15.0. The van der Waals surface area contributed by atoms with Crippen molar-refractivity contribution in [2.75, 3.05) is 39.3 Å². The van der Waals surface area contributed by atoms with E-state index in [1.165, 1.54) is 23.5 Å². The van der Waals surface area contributed by atoms with E-state index >= 15 is 0 Å². The molecule has 4 rings (SSSR count). The fourth-order valence-corrected chi connectivity index (χ4v) is 4.20. The molecule has 2 amide bonds. The summed E-state index contributed by atoms with van der Waals surface area (Å²) in [4.78, 5) is 34.2. The molecule has 0 atom stereocenters. The molecule has 1 aliphatic rings. The minimum Gasteiger partial charge on any atom is -0.355 e. The molecule has 10 heteroatoms. The van der Waals surface area contributed by atoms with Crippen LogP contribution in [0.1, 0.15) is 24.0 Å². The fourth-order valence-electron chi connectivity index (χ4n) is 3.50. The molecule has 0 unspecified atom stereocenters. The molecule has 0 aliphatic carbocycles. The second-order valence-electron chi connectivity index (χ2n) is 7.54. The summed E-state index contributed by atoms with van der Waals surface area (Å²) in [7, 11) is 0. The van der Waals surface area contributed by atoms with Gasteiger partial charge in [0, 0.05) is 32.7 Å². The zero-order valence-electron chi connectivity index (χ0n) is 17.8. The quantitative estimate of drug-likeness (QED) is 0.590. The Morgan fingerprint density at radius 1 is 1.12 bits per heavy atom. The maximum absolute atomic E-state index is 13.4. The molecule has 0 spiro atoms. The fraction of sp³-hybridized carbons (Fsp3) is 0.364. The van der Waals surface area contributed by atoms with Crippen LogP contribution in [0.15, 0.2) is 41.8 Å². The maximum Gasteiger partial charge on any atom is 0.293 e. The summed E-state index contributed by atoms with van der Waals surface area (Å²) >= 11 is 1.49. The normalized spacial score (nSPS) is 14.5. The van der Waals surface area contributed by atoms with Gasteiger partial charge in [0.15, 0.2) is 5.82 Å². The first kappa shape index (κ1) is 22.1. The number of thiophene rings is 1. The lowest BCUT2D eigenvalue weighted by Crippen LogP contribution is -2.51. The number of carbonyl (C=O) groups is 2. The Morgan fingerprint density at radius 2 is 1.88 bits per heavy atom. The van der Waals surface area contributed by atoms with E-state index in [2.05, 4.69) is 15.4 Å². The van der Waals surface area contributed by atoms with Crippen molar-refractivity contribution < 1.29 is 14.0 Å². The number of nitrogens with one attached hydrogen (secondary N) is 1. The Hall–Kier alpha value is -3.11. The number of piperazine rings is 1. The largest absolute Gasteiger partial charge is 0.355 e. The molecular weight excluding hydrogens is 431 g/mol. The highest BCUT2D eigenvalue weighted by molar-refractivity contribution is 7.13. The molecule has 1 fully saturated rings. The third-order valence-electron chi connectivity index (χ3n) is 5.21. The first-order valence-corrected chi connectivity index (χ1v) is 11.5. The Kier molecular flexibility index (Phi) is 6.91. The average molecular weight is 457 g/mol. The van der Waals surface area contributed by atoms with Crippen LogP contribution in [0.5, 0.6) is 0 Å². The van der Waals surface area contributed by atoms with Crippen LogP contribution in [-0.2, 0) is 4.79 Å². The molecule has 3 aromatic rings. The molecule has 1 aliphatic heterocycles. The van der Waals surface area contributed by atoms with Gasteiger partial charge in [0.25, 0.3) is 5.91 Å². The van der Waals surface area contributed by atoms with E-state index in [-0.39, 0.29) is 23.5 Å².